The summed E-state index contributed by atoms with van der Waals surface area (Å²) in [5, 5.41) is 15.2. The van der Waals surface area contributed by atoms with E-state index in [4.69, 9.17) is 10.2 Å². The smallest absolute Gasteiger partial charge is 0.327 e. The number of carboxylic acids is 2. The highest BCUT2D eigenvalue weighted by molar-refractivity contribution is 5.79. The molecular formula is C10H12O5. The molecular weight excluding hydrogens is 200 g/mol. The van der Waals surface area contributed by atoms with Crippen LogP contribution in [-0.2, 0) is 9.59 Å². The standard InChI is InChI=1S/C4H4O.2C3H4O2/c1-2-4-5-3-1;2*1-2-3(4)5/h1-4H;2*2H,1H2,(H,4,5). The van der Waals surface area contributed by atoms with E-state index in [2.05, 4.69) is 17.6 Å². The van der Waals surface area contributed by atoms with Gasteiger partial charge in [-0.25, -0.2) is 9.59 Å². The Bertz CT molecular complexity index is 252. The summed E-state index contributed by atoms with van der Waals surface area (Å²) in [6, 6.07) is 3.67. The van der Waals surface area contributed by atoms with Crippen molar-refractivity contribution < 1.29 is 24.2 Å². The molecule has 0 atom stereocenters. The van der Waals surface area contributed by atoms with Gasteiger partial charge in [0.15, 0.2) is 0 Å². The van der Waals surface area contributed by atoms with Crippen LogP contribution in [0.2, 0.25) is 0 Å². The van der Waals surface area contributed by atoms with Crippen LogP contribution in [0.25, 0.3) is 0 Å². The second kappa shape index (κ2) is 11.7. The number of rotatable bonds is 2. The van der Waals surface area contributed by atoms with Crippen molar-refractivity contribution in [3.8, 4) is 0 Å². The fraction of sp³-hybridized carbons (Fsp3) is 0. The highest BCUT2D eigenvalue weighted by Gasteiger charge is 1.73. The van der Waals surface area contributed by atoms with Gasteiger partial charge in [-0.3, -0.25) is 0 Å². The van der Waals surface area contributed by atoms with Crippen molar-refractivity contribution in [2.75, 3.05) is 0 Å². The van der Waals surface area contributed by atoms with Crippen molar-refractivity contribution in [2.24, 2.45) is 0 Å². The summed E-state index contributed by atoms with van der Waals surface area (Å²) in [5.41, 5.74) is 0. The molecule has 5 heteroatoms. The van der Waals surface area contributed by atoms with E-state index in [1.54, 1.807) is 12.5 Å². The molecule has 82 valence electrons. The Morgan fingerprint density at radius 1 is 1.00 bits per heavy atom. The summed E-state index contributed by atoms with van der Waals surface area (Å²) >= 11 is 0. The lowest BCUT2D eigenvalue weighted by atomic mass is 10.7. The molecule has 0 saturated carbocycles. The maximum absolute atomic E-state index is 9.25. The monoisotopic (exact) mass is 212 g/mol. The van der Waals surface area contributed by atoms with E-state index in [0.717, 1.165) is 12.2 Å². The van der Waals surface area contributed by atoms with Crippen LogP contribution >= 0.6 is 0 Å². The molecule has 0 aliphatic heterocycles. The van der Waals surface area contributed by atoms with Gasteiger partial charge >= 0.3 is 11.9 Å². The van der Waals surface area contributed by atoms with E-state index < -0.39 is 11.9 Å². The summed E-state index contributed by atoms with van der Waals surface area (Å²) in [6.45, 7) is 5.92. The van der Waals surface area contributed by atoms with Crippen LogP contribution in [0.15, 0.2) is 54.4 Å². The number of carboxylic acid groups (broad SMARTS) is 2. The van der Waals surface area contributed by atoms with Crippen molar-refractivity contribution >= 4 is 11.9 Å². The Morgan fingerprint density at radius 3 is 1.33 bits per heavy atom. The normalized spacial score (nSPS) is 6.93. The highest BCUT2D eigenvalue weighted by Crippen LogP contribution is 1.79. The fourth-order valence-electron chi connectivity index (χ4n) is 0.227. The molecule has 2 N–H and O–H groups in total. The van der Waals surface area contributed by atoms with Crippen LogP contribution < -0.4 is 0 Å². The maximum atomic E-state index is 9.25. The lowest BCUT2D eigenvalue weighted by molar-refractivity contribution is -0.132. The minimum absolute atomic E-state index is 0.833. The third-order valence-electron chi connectivity index (χ3n) is 0.775. The van der Waals surface area contributed by atoms with E-state index in [9.17, 15) is 9.59 Å². The van der Waals surface area contributed by atoms with Crippen LogP contribution in [0.1, 0.15) is 0 Å². The molecule has 0 amide bonds. The first-order valence-electron chi connectivity index (χ1n) is 3.72. The van der Waals surface area contributed by atoms with E-state index in [-0.39, 0.29) is 0 Å². The topological polar surface area (TPSA) is 87.7 Å². The van der Waals surface area contributed by atoms with Crippen molar-refractivity contribution in [3.63, 3.8) is 0 Å². The molecule has 0 unspecified atom stereocenters. The van der Waals surface area contributed by atoms with Gasteiger partial charge in [-0.1, -0.05) is 13.2 Å². The average molecular weight is 212 g/mol. The minimum atomic E-state index is -0.981. The van der Waals surface area contributed by atoms with E-state index in [1.807, 2.05) is 12.1 Å². The largest absolute Gasteiger partial charge is 0.478 e. The molecule has 0 aromatic carbocycles. The lowest BCUT2D eigenvalue weighted by Gasteiger charge is -1.64. The first-order valence-corrected chi connectivity index (χ1v) is 3.72. The van der Waals surface area contributed by atoms with Gasteiger partial charge in [0.2, 0.25) is 0 Å². The number of furan rings is 1. The van der Waals surface area contributed by atoms with Crippen molar-refractivity contribution in [1.82, 2.24) is 0 Å². The molecule has 1 heterocycles. The molecule has 0 radical (unpaired) electrons. The number of hydrogen-bond donors (Lipinski definition) is 2. The van der Waals surface area contributed by atoms with E-state index in [1.165, 1.54) is 0 Å². The van der Waals surface area contributed by atoms with Crippen molar-refractivity contribution in [1.29, 1.82) is 0 Å². The Labute approximate surface area is 87.0 Å². The molecule has 0 aliphatic carbocycles. The molecule has 0 saturated heterocycles. The minimum Gasteiger partial charge on any atom is -0.478 e. The van der Waals surface area contributed by atoms with Crippen LogP contribution in [0, 0.1) is 0 Å². The molecule has 5 nitrogen and oxygen atoms in total. The molecule has 0 bridgehead atoms. The van der Waals surface area contributed by atoms with Gasteiger partial charge in [0, 0.05) is 12.2 Å². The van der Waals surface area contributed by atoms with Gasteiger partial charge in [0.1, 0.15) is 0 Å². The number of aliphatic carboxylic acids is 2. The summed E-state index contributed by atoms with van der Waals surface area (Å²) < 4.78 is 4.58. The zero-order valence-corrected chi connectivity index (χ0v) is 8.00. The quantitative estimate of drug-likeness (QED) is 0.729. The molecule has 1 aromatic heterocycles. The molecule has 1 rings (SSSR count). The van der Waals surface area contributed by atoms with Crippen molar-refractivity contribution in [3.05, 3.63) is 50.0 Å². The zero-order valence-electron chi connectivity index (χ0n) is 8.00. The summed E-state index contributed by atoms with van der Waals surface area (Å²) in [4.78, 5) is 18.5. The summed E-state index contributed by atoms with van der Waals surface area (Å²) in [6.07, 6.45) is 4.92. The average Bonchev–Trinajstić information content (AvgIpc) is 2.76. The number of hydrogen-bond acceptors (Lipinski definition) is 3. The lowest BCUT2D eigenvalue weighted by Crippen LogP contribution is -1.82. The Morgan fingerprint density at radius 2 is 1.27 bits per heavy atom. The van der Waals surface area contributed by atoms with E-state index >= 15 is 0 Å². The molecule has 15 heavy (non-hydrogen) atoms. The maximum Gasteiger partial charge on any atom is 0.327 e. The first-order chi connectivity index (χ1) is 7.04. The summed E-state index contributed by atoms with van der Waals surface area (Å²) in [7, 11) is 0. The molecule has 0 spiro atoms. The predicted octanol–water partition coefficient (Wildman–Crippen LogP) is 1.79. The Kier molecular flexibility index (Phi) is 11.8. The Balaban J connectivity index is 0. The van der Waals surface area contributed by atoms with Gasteiger partial charge in [0.25, 0.3) is 0 Å². The van der Waals surface area contributed by atoms with Gasteiger partial charge < -0.3 is 14.6 Å². The third kappa shape index (κ3) is 24.5. The summed E-state index contributed by atoms with van der Waals surface area (Å²) in [5.74, 6) is -1.96. The van der Waals surface area contributed by atoms with Gasteiger partial charge in [-0.05, 0) is 12.1 Å². The van der Waals surface area contributed by atoms with Gasteiger partial charge in [0.05, 0.1) is 12.5 Å². The van der Waals surface area contributed by atoms with Gasteiger partial charge in [-0.15, -0.1) is 0 Å². The molecule has 0 aliphatic rings. The fourth-order valence-corrected chi connectivity index (χ4v) is 0.227. The SMILES string of the molecule is C=CC(=O)O.C=CC(=O)O.c1ccoc1. The van der Waals surface area contributed by atoms with E-state index in [0.29, 0.717) is 0 Å². The van der Waals surface area contributed by atoms with Crippen LogP contribution in [0.5, 0.6) is 0 Å². The zero-order chi connectivity index (χ0) is 12.1. The van der Waals surface area contributed by atoms with Crippen LogP contribution in [-0.4, -0.2) is 22.2 Å². The highest BCUT2D eigenvalue weighted by atomic mass is 16.4. The Hall–Kier alpha value is -2.30. The van der Waals surface area contributed by atoms with Crippen molar-refractivity contribution in [2.45, 2.75) is 0 Å². The second-order valence-electron chi connectivity index (χ2n) is 1.88. The second-order valence-corrected chi connectivity index (χ2v) is 1.88. The van der Waals surface area contributed by atoms with Crippen LogP contribution in [0.3, 0.4) is 0 Å². The van der Waals surface area contributed by atoms with Gasteiger partial charge in [-0.2, -0.15) is 0 Å². The molecule has 0 fully saturated rings. The first kappa shape index (κ1) is 15.2. The third-order valence-corrected chi connectivity index (χ3v) is 0.775. The van der Waals surface area contributed by atoms with Crippen LogP contribution in [0.4, 0.5) is 0 Å². The predicted molar refractivity (Wildman–Crippen MR) is 54.4 cm³/mol. The molecule has 1 aromatic rings. The number of carbonyl (C=O) groups is 2.